The Balaban J connectivity index is 1.84. The maximum absolute atomic E-state index is 12.9. The molecular formula is C23H28N4O4. The van der Waals surface area contributed by atoms with Crippen molar-refractivity contribution in [1.29, 1.82) is 5.26 Å². The highest BCUT2D eigenvalue weighted by atomic mass is 16.5. The number of carbonyl (C=O) groups excluding carboxylic acids is 2. The van der Waals surface area contributed by atoms with Gasteiger partial charge in [0, 0.05) is 11.9 Å². The summed E-state index contributed by atoms with van der Waals surface area (Å²) in [7, 11) is 0. The number of amides is 1. The number of carbonyl (C=O) groups is 2. The molecule has 1 aromatic carbocycles. The van der Waals surface area contributed by atoms with Crippen LogP contribution in [0.25, 0.3) is 10.8 Å². The van der Waals surface area contributed by atoms with Crippen molar-refractivity contribution < 1.29 is 14.3 Å². The zero-order valence-electron chi connectivity index (χ0n) is 18.2. The molecule has 1 aromatic heterocycles. The lowest BCUT2D eigenvalue weighted by Crippen LogP contribution is -2.52. The molecule has 0 saturated heterocycles. The monoisotopic (exact) mass is 424 g/mol. The van der Waals surface area contributed by atoms with Gasteiger partial charge in [-0.1, -0.05) is 51.3 Å². The van der Waals surface area contributed by atoms with Crippen molar-refractivity contribution in [2.45, 2.75) is 71.1 Å². The first kappa shape index (κ1) is 22.5. The molecule has 0 unspecified atom stereocenters. The van der Waals surface area contributed by atoms with Gasteiger partial charge in [-0.25, -0.2) is 9.48 Å². The lowest BCUT2D eigenvalue weighted by Gasteiger charge is -2.32. The van der Waals surface area contributed by atoms with E-state index in [1.165, 1.54) is 11.6 Å². The molecule has 1 saturated carbocycles. The smallest absolute Gasteiger partial charge is 0.360 e. The van der Waals surface area contributed by atoms with E-state index in [9.17, 15) is 19.6 Å². The number of ether oxygens (including phenoxy) is 1. The van der Waals surface area contributed by atoms with E-state index in [0.29, 0.717) is 30.2 Å². The molecule has 31 heavy (non-hydrogen) atoms. The lowest BCUT2D eigenvalue weighted by atomic mass is 9.83. The summed E-state index contributed by atoms with van der Waals surface area (Å²) in [6.45, 7) is 5.71. The van der Waals surface area contributed by atoms with E-state index in [-0.39, 0.29) is 17.2 Å². The second-order valence-corrected chi connectivity index (χ2v) is 8.57. The van der Waals surface area contributed by atoms with Gasteiger partial charge in [0.25, 0.3) is 11.5 Å². The number of rotatable bonds is 6. The summed E-state index contributed by atoms with van der Waals surface area (Å²) in [5, 5.41) is 17.3. The molecule has 3 rings (SSSR count). The van der Waals surface area contributed by atoms with Gasteiger partial charge in [-0.3, -0.25) is 9.59 Å². The number of nitriles is 1. The van der Waals surface area contributed by atoms with Crippen molar-refractivity contribution in [2.75, 3.05) is 0 Å². The third kappa shape index (κ3) is 4.93. The Labute approximate surface area is 181 Å². The van der Waals surface area contributed by atoms with E-state index < -0.39 is 23.5 Å². The largest absolute Gasteiger partial charge is 0.448 e. The predicted octanol–water partition coefficient (Wildman–Crippen LogP) is 2.94. The van der Waals surface area contributed by atoms with Crippen molar-refractivity contribution in [3.05, 3.63) is 40.3 Å². The van der Waals surface area contributed by atoms with E-state index in [1.807, 2.05) is 13.8 Å². The first-order chi connectivity index (χ1) is 14.8. The summed E-state index contributed by atoms with van der Waals surface area (Å²) in [5.41, 5.74) is -1.20. The van der Waals surface area contributed by atoms with Gasteiger partial charge in [-0.05, 0) is 31.7 Å². The van der Waals surface area contributed by atoms with Crippen LogP contribution in [-0.2, 0) is 16.1 Å². The number of benzene rings is 1. The highest BCUT2D eigenvalue weighted by Crippen LogP contribution is 2.27. The fourth-order valence-electron chi connectivity index (χ4n) is 3.88. The Bertz CT molecular complexity index is 1080. The molecule has 1 N–H and O–H groups in total. The van der Waals surface area contributed by atoms with Gasteiger partial charge in [-0.2, -0.15) is 10.4 Å². The quantitative estimate of drug-likeness (QED) is 0.713. The van der Waals surface area contributed by atoms with Crippen LogP contribution in [0.4, 0.5) is 0 Å². The number of fused-ring (bicyclic) bond motifs is 1. The molecule has 2 aromatic rings. The number of nitrogens with zero attached hydrogens (tertiary/aromatic N) is 3. The van der Waals surface area contributed by atoms with E-state index in [0.717, 1.165) is 19.3 Å². The second-order valence-electron chi connectivity index (χ2n) is 8.57. The number of esters is 1. The van der Waals surface area contributed by atoms with Crippen LogP contribution in [0, 0.1) is 17.2 Å². The third-order valence-electron chi connectivity index (χ3n) is 5.54. The van der Waals surface area contributed by atoms with Gasteiger partial charge in [0.05, 0.1) is 11.5 Å². The van der Waals surface area contributed by atoms with Crippen LogP contribution in [0.1, 0.15) is 63.4 Å². The third-order valence-corrected chi connectivity index (χ3v) is 5.54. The summed E-state index contributed by atoms with van der Waals surface area (Å²) < 4.78 is 6.66. The number of hydrogen-bond acceptors (Lipinski definition) is 6. The Kier molecular flexibility index (Phi) is 6.74. The average Bonchev–Trinajstić information content (AvgIpc) is 2.76. The highest BCUT2D eigenvalue weighted by Gasteiger charge is 2.35. The lowest BCUT2D eigenvalue weighted by molar-refractivity contribution is -0.130. The number of nitrogens with one attached hydrogen (secondary N) is 1. The van der Waals surface area contributed by atoms with Crippen molar-refractivity contribution in [3.63, 3.8) is 0 Å². The predicted molar refractivity (Wildman–Crippen MR) is 115 cm³/mol. The molecule has 8 heteroatoms. The normalized spacial score (nSPS) is 16.5. The van der Waals surface area contributed by atoms with Crippen LogP contribution in [0.2, 0.25) is 0 Å². The highest BCUT2D eigenvalue weighted by molar-refractivity contribution is 6.02. The molecular weight excluding hydrogens is 396 g/mol. The topological polar surface area (TPSA) is 114 Å². The molecule has 1 aliphatic rings. The van der Waals surface area contributed by atoms with E-state index in [1.54, 1.807) is 24.3 Å². The molecule has 1 heterocycles. The summed E-state index contributed by atoms with van der Waals surface area (Å²) in [6, 6.07) is 8.93. The SMILES string of the molecule is CC(C)Cn1nc(C(=O)O[C@H](C)C(=O)NC2(C#N)CCCCC2)c2ccccc2c1=O. The maximum Gasteiger partial charge on any atom is 0.360 e. The van der Waals surface area contributed by atoms with E-state index in [4.69, 9.17) is 4.74 Å². The Morgan fingerprint density at radius 3 is 2.45 bits per heavy atom. The van der Waals surface area contributed by atoms with Crippen molar-refractivity contribution >= 4 is 22.6 Å². The molecule has 1 fully saturated rings. The van der Waals surface area contributed by atoms with Crippen molar-refractivity contribution in [2.24, 2.45) is 5.92 Å². The summed E-state index contributed by atoms with van der Waals surface area (Å²) >= 11 is 0. The van der Waals surface area contributed by atoms with Gasteiger partial charge in [0.2, 0.25) is 0 Å². The summed E-state index contributed by atoms with van der Waals surface area (Å²) in [5.74, 6) is -1.15. The summed E-state index contributed by atoms with van der Waals surface area (Å²) in [6.07, 6.45) is 2.84. The van der Waals surface area contributed by atoms with Crippen LogP contribution >= 0.6 is 0 Å². The zero-order valence-corrected chi connectivity index (χ0v) is 18.2. The van der Waals surface area contributed by atoms with Gasteiger partial charge < -0.3 is 10.1 Å². The molecule has 0 aliphatic heterocycles. The zero-order chi connectivity index (χ0) is 22.6. The van der Waals surface area contributed by atoms with E-state index in [2.05, 4.69) is 16.5 Å². The van der Waals surface area contributed by atoms with E-state index >= 15 is 0 Å². The van der Waals surface area contributed by atoms with Gasteiger partial charge in [0.1, 0.15) is 5.54 Å². The summed E-state index contributed by atoms with van der Waals surface area (Å²) in [4.78, 5) is 38.3. The minimum atomic E-state index is -1.11. The molecule has 8 nitrogen and oxygen atoms in total. The van der Waals surface area contributed by atoms with Gasteiger partial charge in [-0.15, -0.1) is 0 Å². The number of hydrogen-bond donors (Lipinski definition) is 1. The molecule has 1 aliphatic carbocycles. The van der Waals surface area contributed by atoms with Gasteiger partial charge in [0.15, 0.2) is 11.8 Å². The molecule has 1 atom stereocenters. The Morgan fingerprint density at radius 1 is 1.19 bits per heavy atom. The standard InChI is InChI=1S/C23H28N4O4/c1-15(2)13-27-21(29)18-10-6-5-9-17(18)19(26-27)22(30)31-16(3)20(28)25-23(14-24)11-7-4-8-12-23/h5-6,9-10,15-16H,4,7-8,11-13H2,1-3H3,(H,25,28)/t16-/m1/s1. The van der Waals surface area contributed by atoms with Crippen molar-refractivity contribution in [1.82, 2.24) is 15.1 Å². The molecule has 0 radical (unpaired) electrons. The first-order valence-corrected chi connectivity index (χ1v) is 10.7. The fourth-order valence-corrected chi connectivity index (χ4v) is 3.88. The Morgan fingerprint density at radius 2 is 1.84 bits per heavy atom. The minimum Gasteiger partial charge on any atom is -0.448 e. The van der Waals surface area contributed by atoms with Crippen LogP contribution in [0.3, 0.4) is 0 Å². The molecule has 164 valence electrons. The molecule has 0 bridgehead atoms. The van der Waals surface area contributed by atoms with Crippen LogP contribution < -0.4 is 10.9 Å². The van der Waals surface area contributed by atoms with Crippen molar-refractivity contribution in [3.8, 4) is 6.07 Å². The molecule has 1 amide bonds. The Hall–Kier alpha value is -3.21. The second kappa shape index (κ2) is 9.29. The minimum absolute atomic E-state index is 0.0110. The fraction of sp³-hybridized carbons (Fsp3) is 0.522. The van der Waals surface area contributed by atoms with Crippen LogP contribution in [0.15, 0.2) is 29.1 Å². The number of aromatic nitrogens is 2. The molecule has 0 spiro atoms. The van der Waals surface area contributed by atoms with Crippen LogP contribution in [-0.4, -0.2) is 33.3 Å². The van der Waals surface area contributed by atoms with Gasteiger partial charge >= 0.3 is 5.97 Å². The average molecular weight is 425 g/mol. The maximum atomic E-state index is 12.9. The van der Waals surface area contributed by atoms with Crippen LogP contribution in [0.5, 0.6) is 0 Å². The first-order valence-electron chi connectivity index (χ1n) is 10.7.